The molecule has 7 nitrogen and oxygen atoms in total. The Labute approximate surface area is 212 Å². The number of nitrogens with one attached hydrogen (secondary N) is 1. The summed E-state index contributed by atoms with van der Waals surface area (Å²) in [7, 11) is 1.70. The Morgan fingerprint density at radius 3 is 2.69 bits per heavy atom. The molecule has 0 bridgehead atoms. The SMILES string of the molecule is COc1cc(C)c(CN2CCC(O)(c3ccc4oc(C(=O)NC[C@H]5CCCO5)cc4c3)CC2)cc1C. The van der Waals surface area contributed by atoms with Crippen molar-refractivity contribution < 1.29 is 23.8 Å². The standard InChI is InChI=1S/C29H36N2O5/c1-19-14-26(34-3)20(2)13-22(19)18-31-10-8-29(33,9-11-31)23-6-7-25-21(15-23)16-27(36-25)28(32)30-17-24-5-4-12-35-24/h6-7,13-16,24,33H,4-5,8-12,17-18H2,1-3H3,(H,30,32)/t24-/m1/s1. The summed E-state index contributed by atoms with van der Waals surface area (Å²) in [4.78, 5) is 15.0. The summed E-state index contributed by atoms with van der Waals surface area (Å²) in [6.07, 6.45) is 3.40. The first-order valence-corrected chi connectivity index (χ1v) is 12.9. The van der Waals surface area contributed by atoms with Gasteiger partial charge >= 0.3 is 0 Å². The molecule has 36 heavy (non-hydrogen) atoms. The molecule has 3 heterocycles. The highest BCUT2D eigenvalue weighted by Gasteiger charge is 2.34. The summed E-state index contributed by atoms with van der Waals surface area (Å²) in [6.45, 7) is 7.92. The molecule has 1 aromatic heterocycles. The van der Waals surface area contributed by atoms with E-state index >= 15 is 0 Å². The molecule has 0 radical (unpaired) electrons. The molecule has 0 spiro atoms. The minimum atomic E-state index is -0.894. The van der Waals surface area contributed by atoms with Crippen molar-refractivity contribution in [1.82, 2.24) is 10.2 Å². The number of aliphatic hydroxyl groups is 1. The number of ether oxygens (including phenoxy) is 2. The number of rotatable bonds is 7. The molecule has 3 aromatic rings. The first kappa shape index (κ1) is 24.8. The highest BCUT2D eigenvalue weighted by molar-refractivity contribution is 5.96. The zero-order valence-electron chi connectivity index (χ0n) is 21.4. The topological polar surface area (TPSA) is 84.2 Å². The highest BCUT2D eigenvalue weighted by atomic mass is 16.5. The third kappa shape index (κ3) is 5.14. The van der Waals surface area contributed by atoms with Gasteiger partial charge in [0.05, 0.1) is 18.8 Å². The molecule has 2 aromatic carbocycles. The highest BCUT2D eigenvalue weighted by Crippen LogP contribution is 2.36. The van der Waals surface area contributed by atoms with Crippen LogP contribution in [0.5, 0.6) is 5.75 Å². The number of fused-ring (bicyclic) bond motifs is 1. The fraction of sp³-hybridized carbons (Fsp3) is 0.483. The predicted molar refractivity (Wildman–Crippen MR) is 138 cm³/mol. The van der Waals surface area contributed by atoms with Gasteiger partial charge in [-0.15, -0.1) is 0 Å². The zero-order valence-corrected chi connectivity index (χ0v) is 21.4. The number of nitrogens with zero attached hydrogens (tertiary/aromatic N) is 1. The Hall–Kier alpha value is -2.87. The molecule has 5 rings (SSSR count). The summed E-state index contributed by atoms with van der Waals surface area (Å²) >= 11 is 0. The van der Waals surface area contributed by atoms with E-state index in [0.29, 0.717) is 25.0 Å². The average molecular weight is 493 g/mol. The normalized spacial score (nSPS) is 20.1. The van der Waals surface area contributed by atoms with Gasteiger partial charge in [-0.2, -0.15) is 0 Å². The van der Waals surface area contributed by atoms with Crippen molar-refractivity contribution in [2.75, 3.05) is 33.4 Å². The summed E-state index contributed by atoms with van der Waals surface area (Å²) in [5, 5.41) is 15.2. The number of carbonyl (C=O) groups excluding carboxylic acids is 1. The van der Waals surface area contributed by atoms with E-state index in [0.717, 1.165) is 61.3 Å². The van der Waals surface area contributed by atoms with E-state index in [1.165, 1.54) is 11.1 Å². The lowest BCUT2D eigenvalue weighted by atomic mass is 9.84. The molecule has 2 N–H and O–H groups in total. The molecule has 192 valence electrons. The lowest BCUT2D eigenvalue weighted by Crippen LogP contribution is -2.42. The maximum absolute atomic E-state index is 12.6. The van der Waals surface area contributed by atoms with Crippen LogP contribution in [-0.2, 0) is 16.9 Å². The van der Waals surface area contributed by atoms with Gasteiger partial charge in [0, 0.05) is 38.2 Å². The number of likely N-dealkylation sites (tertiary alicyclic amines) is 1. The van der Waals surface area contributed by atoms with E-state index in [1.807, 2.05) is 18.2 Å². The van der Waals surface area contributed by atoms with Crippen LogP contribution in [0.4, 0.5) is 0 Å². The van der Waals surface area contributed by atoms with Crippen molar-refractivity contribution in [2.45, 2.75) is 57.8 Å². The minimum Gasteiger partial charge on any atom is -0.496 e. The number of piperidine rings is 1. The molecular weight excluding hydrogens is 456 g/mol. The van der Waals surface area contributed by atoms with Gasteiger partial charge in [-0.05, 0) is 86.1 Å². The Morgan fingerprint density at radius 2 is 1.97 bits per heavy atom. The Balaban J connectivity index is 1.23. The second-order valence-electron chi connectivity index (χ2n) is 10.3. The van der Waals surface area contributed by atoms with Crippen LogP contribution in [0.2, 0.25) is 0 Å². The molecule has 1 amide bonds. The fourth-order valence-corrected chi connectivity index (χ4v) is 5.39. The van der Waals surface area contributed by atoms with Crippen LogP contribution >= 0.6 is 0 Å². The van der Waals surface area contributed by atoms with Crippen molar-refractivity contribution in [2.24, 2.45) is 0 Å². The largest absolute Gasteiger partial charge is 0.496 e. The van der Waals surface area contributed by atoms with E-state index in [2.05, 4.69) is 36.2 Å². The van der Waals surface area contributed by atoms with Crippen LogP contribution in [-0.4, -0.2) is 55.4 Å². The first-order valence-electron chi connectivity index (χ1n) is 12.9. The van der Waals surface area contributed by atoms with E-state index in [1.54, 1.807) is 13.2 Å². The Kier molecular flexibility index (Phi) is 7.06. The molecule has 0 unspecified atom stereocenters. The van der Waals surface area contributed by atoms with E-state index in [-0.39, 0.29) is 17.8 Å². The number of hydrogen-bond acceptors (Lipinski definition) is 6. The van der Waals surface area contributed by atoms with Gasteiger partial charge in [0.15, 0.2) is 5.76 Å². The van der Waals surface area contributed by atoms with Crippen LogP contribution in [0.25, 0.3) is 11.0 Å². The van der Waals surface area contributed by atoms with Gasteiger partial charge < -0.3 is 24.3 Å². The quantitative estimate of drug-likeness (QED) is 0.507. The maximum atomic E-state index is 12.6. The molecule has 2 aliphatic rings. The van der Waals surface area contributed by atoms with Crippen molar-refractivity contribution in [1.29, 1.82) is 0 Å². The minimum absolute atomic E-state index is 0.0858. The first-order chi connectivity index (χ1) is 17.3. The smallest absolute Gasteiger partial charge is 0.287 e. The van der Waals surface area contributed by atoms with Crippen LogP contribution in [0.15, 0.2) is 40.8 Å². The third-order valence-corrected chi connectivity index (χ3v) is 7.72. The molecule has 1 atom stereocenters. The lowest BCUT2D eigenvalue weighted by Gasteiger charge is -2.38. The lowest BCUT2D eigenvalue weighted by molar-refractivity contribution is -0.0276. The number of carbonyl (C=O) groups is 1. The second-order valence-corrected chi connectivity index (χ2v) is 10.3. The van der Waals surface area contributed by atoms with Gasteiger partial charge in [0.1, 0.15) is 11.3 Å². The van der Waals surface area contributed by atoms with Gasteiger partial charge in [-0.1, -0.05) is 12.1 Å². The number of benzene rings is 2. The second kappa shape index (κ2) is 10.2. The molecule has 0 aliphatic carbocycles. The predicted octanol–water partition coefficient (Wildman–Crippen LogP) is 4.45. The molecule has 2 fully saturated rings. The molecule has 7 heteroatoms. The summed E-state index contributed by atoms with van der Waals surface area (Å²) in [5.41, 5.74) is 4.28. The number of aryl methyl sites for hydroxylation is 2. The van der Waals surface area contributed by atoms with Gasteiger partial charge in [-0.25, -0.2) is 0 Å². The van der Waals surface area contributed by atoms with Gasteiger partial charge in [-0.3, -0.25) is 9.69 Å². The fourth-order valence-electron chi connectivity index (χ4n) is 5.39. The Bertz CT molecular complexity index is 1240. The molecule has 2 aliphatic heterocycles. The van der Waals surface area contributed by atoms with Crippen LogP contribution in [0.3, 0.4) is 0 Å². The number of amides is 1. The number of methoxy groups -OCH3 is 1. The summed E-state index contributed by atoms with van der Waals surface area (Å²) in [6, 6.07) is 11.8. The Morgan fingerprint density at radius 1 is 1.17 bits per heavy atom. The maximum Gasteiger partial charge on any atom is 0.287 e. The van der Waals surface area contributed by atoms with Crippen molar-refractivity contribution in [3.05, 3.63) is 64.4 Å². The average Bonchev–Trinajstić information content (AvgIpc) is 3.55. The zero-order chi connectivity index (χ0) is 25.3. The van der Waals surface area contributed by atoms with E-state index < -0.39 is 5.60 Å². The number of furan rings is 1. The van der Waals surface area contributed by atoms with Crippen LogP contribution in [0, 0.1) is 13.8 Å². The van der Waals surface area contributed by atoms with E-state index in [9.17, 15) is 9.90 Å². The van der Waals surface area contributed by atoms with E-state index in [4.69, 9.17) is 13.9 Å². The van der Waals surface area contributed by atoms with Crippen molar-refractivity contribution in [3.63, 3.8) is 0 Å². The van der Waals surface area contributed by atoms with Crippen LogP contribution in [0.1, 0.15) is 58.5 Å². The van der Waals surface area contributed by atoms with Gasteiger partial charge in [0.25, 0.3) is 5.91 Å². The third-order valence-electron chi connectivity index (χ3n) is 7.72. The summed E-state index contributed by atoms with van der Waals surface area (Å²) < 4.78 is 16.8. The molecule has 2 saturated heterocycles. The molecular formula is C29H36N2O5. The van der Waals surface area contributed by atoms with Crippen molar-refractivity contribution in [3.8, 4) is 5.75 Å². The monoisotopic (exact) mass is 492 g/mol. The number of hydrogen-bond donors (Lipinski definition) is 2. The van der Waals surface area contributed by atoms with Crippen molar-refractivity contribution >= 4 is 16.9 Å². The van der Waals surface area contributed by atoms with Gasteiger partial charge in [0.2, 0.25) is 0 Å². The van der Waals surface area contributed by atoms with Crippen LogP contribution < -0.4 is 10.1 Å². The molecule has 0 saturated carbocycles. The summed E-state index contributed by atoms with van der Waals surface area (Å²) in [5.74, 6) is 0.966.